The van der Waals surface area contributed by atoms with Gasteiger partial charge in [-0.15, -0.1) is 0 Å². The van der Waals surface area contributed by atoms with Crippen molar-refractivity contribution < 1.29 is 4.39 Å². The fourth-order valence-corrected chi connectivity index (χ4v) is 2.49. The van der Waals surface area contributed by atoms with Crippen molar-refractivity contribution >= 4 is 17.6 Å². The molecule has 0 saturated carbocycles. The lowest BCUT2D eigenvalue weighted by Crippen LogP contribution is -2.39. The fourth-order valence-electron chi connectivity index (χ4n) is 2.23. The zero-order valence-corrected chi connectivity index (χ0v) is 14.9. The molecule has 0 aliphatic heterocycles. The summed E-state index contributed by atoms with van der Waals surface area (Å²) in [5, 5.41) is 7.75. The lowest BCUT2D eigenvalue weighted by molar-refractivity contribution is 0.449. The largest absolute Gasteiger partial charge is 0.357 e. The van der Waals surface area contributed by atoms with Gasteiger partial charge in [0.2, 0.25) is 0 Å². The molecule has 0 unspecified atom stereocenters. The number of rotatable bonds is 6. The molecule has 0 aliphatic rings. The van der Waals surface area contributed by atoms with Crippen LogP contribution in [0.25, 0.3) is 0 Å². The Morgan fingerprint density at radius 2 is 2.25 bits per heavy atom. The van der Waals surface area contributed by atoms with Crippen molar-refractivity contribution in [2.24, 2.45) is 12.0 Å². The zero-order chi connectivity index (χ0) is 17.5. The van der Waals surface area contributed by atoms with Crippen molar-refractivity contribution in [3.8, 4) is 0 Å². The third kappa shape index (κ3) is 4.92. The SMILES string of the molecule is CCNC(=NCCc1ccc(F)cc1Cl)N(C)Cc1ncnn1C. The highest BCUT2D eigenvalue weighted by atomic mass is 35.5. The summed E-state index contributed by atoms with van der Waals surface area (Å²) >= 11 is 6.05. The van der Waals surface area contributed by atoms with Crippen molar-refractivity contribution in [1.29, 1.82) is 0 Å². The molecular formula is C16H22ClFN6. The molecule has 0 spiro atoms. The van der Waals surface area contributed by atoms with E-state index in [2.05, 4.69) is 20.4 Å². The maximum atomic E-state index is 13.1. The van der Waals surface area contributed by atoms with Gasteiger partial charge in [0.15, 0.2) is 5.96 Å². The lowest BCUT2D eigenvalue weighted by atomic mass is 10.1. The number of benzene rings is 1. The molecule has 0 atom stereocenters. The van der Waals surface area contributed by atoms with Crippen LogP contribution in [0, 0.1) is 5.82 Å². The van der Waals surface area contributed by atoms with Gasteiger partial charge in [0.05, 0.1) is 6.54 Å². The summed E-state index contributed by atoms with van der Waals surface area (Å²) in [5.74, 6) is 1.30. The topological polar surface area (TPSA) is 58.3 Å². The molecule has 1 aromatic carbocycles. The van der Waals surface area contributed by atoms with E-state index >= 15 is 0 Å². The molecule has 0 bridgehead atoms. The van der Waals surface area contributed by atoms with Gasteiger partial charge in [-0.05, 0) is 31.0 Å². The molecule has 0 radical (unpaired) electrons. The van der Waals surface area contributed by atoms with Crippen molar-refractivity contribution in [2.75, 3.05) is 20.1 Å². The van der Waals surface area contributed by atoms with Gasteiger partial charge in [-0.1, -0.05) is 17.7 Å². The van der Waals surface area contributed by atoms with Crippen molar-refractivity contribution in [3.05, 3.63) is 46.8 Å². The second-order valence-corrected chi connectivity index (χ2v) is 5.78. The molecule has 24 heavy (non-hydrogen) atoms. The highest BCUT2D eigenvalue weighted by Crippen LogP contribution is 2.17. The van der Waals surface area contributed by atoms with Gasteiger partial charge in [0, 0.05) is 32.2 Å². The van der Waals surface area contributed by atoms with Gasteiger partial charge in [-0.25, -0.2) is 9.37 Å². The van der Waals surface area contributed by atoms with Gasteiger partial charge in [-0.2, -0.15) is 5.10 Å². The number of aromatic nitrogens is 3. The van der Waals surface area contributed by atoms with Gasteiger partial charge in [0.25, 0.3) is 0 Å². The van der Waals surface area contributed by atoms with Crippen LogP contribution in [-0.4, -0.2) is 45.8 Å². The molecular weight excluding hydrogens is 331 g/mol. The smallest absolute Gasteiger partial charge is 0.194 e. The summed E-state index contributed by atoms with van der Waals surface area (Å²) in [6.45, 7) is 3.93. The average Bonchev–Trinajstić information content (AvgIpc) is 2.93. The predicted octanol–water partition coefficient (Wildman–Crippen LogP) is 2.25. The third-order valence-corrected chi connectivity index (χ3v) is 3.89. The zero-order valence-electron chi connectivity index (χ0n) is 14.1. The molecule has 2 aromatic rings. The summed E-state index contributed by atoms with van der Waals surface area (Å²) < 4.78 is 14.8. The number of aryl methyl sites for hydroxylation is 1. The second-order valence-electron chi connectivity index (χ2n) is 5.38. The first-order valence-electron chi connectivity index (χ1n) is 7.77. The normalized spacial score (nSPS) is 11.6. The maximum Gasteiger partial charge on any atom is 0.194 e. The van der Waals surface area contributed by atoms with E-state index in [9.17, 15) is 4.39 Å². The van der Waals surface area contributed by atoms with E-state index in [1.165, 1.54) is 18.5 Å². The first-order valence-corrected chi connectivity index (χ1v) is 8.15. The van der Waals surface area contributed by atoms with Crippen LogP contribution in [0.5, 0.6) is 0 Å². The van der Waals surface area contributed by atoms with E-state index in [1.807, 2.05) is 25.9 Å². The highest BCUT2D eigenvalue weighted by molar-refractivity contribution is 6.31. The Labute approximate surface area is 146 Å². The van der Waals surface area contributed by atoms with Crippen LogP contribution in [0.3, 0.4) is 0 Å². The van der Waals surface area contributed by atoms with E-state index < -0.39 is 0 Å². The van der Waals surface area contributed by atoms with Crippen LogP contribution in [0.1, 0.15) is 18.3 Å². The Balaban J connectivity index is 2.00. The van der Waals surface area contributed by atoms with Crippen LogP contribution in [0.4, 0.5) is 4.39 Å². The Kier molecular flexibility index (Phi) is 6.54. The van der Waals surface area contributed by atoms with Crippen LogP contribution in [0.2, 0.25) is 5.02 Å². The Hall–Kier alpha value is -2.15. The number of nitrogens with one attached hydrogen (secondary N) is 1. The first kappa shape index (κ1) is 18.2. The molecule has 6 nitrogen and oxygen atoms in total. The van der Waals surface area contributed by atoms with E-state index in [4.69, 9.17) is 11.6 Å². The summed E-state index contributed by atoms with van der Waals surface area (Å²) in [4.78, 5) is 10.8. The van der Waals surface area contributed by atoms with E-state index in [0.717, 1.165) is 23.9 Å². The Morgan fingerprint density at radius 1 is 1.46 bits per heavy atom. The van der Waals surface area contributed by atoms with Gasteiger partial charge >= 0.3 is 0 Å². The Bertz CT molecular complexity index is 700. The minimum absolute atomic E-state index is 0.330. The summed E-state index contributed by atoms with van der Waals surface area (Å²) in [7, 11) is 3.80. The van der Waals surface area contributed by atoms with Crippen LogP contribution < -0.4 is 5.32 Å². The highest BCUT2D eigenvalue weighted by Gasteiger charge is 2.10. The molecule has 1 aromatic heterocycles. The van der Waals surface area contributed by atoms with Gasteiger partial charge in [-0.3, -0.25) is 9.67 Å². The summed E-state index contributed by atoms with van der Waals surface area (Å²) in [6, 6.07) is 4.44. The maximum absolute atomic E-state index is 13.1. The first-order chi connectivity index (χ1) is 11.5. The molecule has 0 saturated heterocycles. The quantitative estimate of drug-likeness (QED) is 0.640. The molecule has 0 aliphatic carbocycles. The van der Waals surface area contributed by atoms with E-state index in [1.54, 1.807) is 10.7 Å². The number of guanidine groups is 1. The minimum Gasteiger partial charge on any atom is -0.357 e. The van der Waals surface area contributed by atoms with Gasteiger partial charge in [0.1, 0.15) is 18.0 Å². The predicted molar refractivity (Wildman–Crippen MR) is 93.6 cm³/mol. The van der Waals surface area contributed by atoms with Crippen LogP contribution >= 0.6 is 11.6 Å². The second kappa shape index (κ2) is 8.63. The average molecular weight is 353 g/mol. The Morgan fingerprint density at radius 3 is 2.88 bits per heavy atom. The lowest BCUT2D eigenvalue weighted by Gasteiger charge is -2.21. The number of nitrogens with zero attached hydrogens (tertiary/aromatic N) is 5. The number of hydrogen-bond donors (Lipinski definition) is 1. The van der Waals surface area contributed by atoms with E-state index in [-0.39, 0.29) is 5.82 Å². The standard InChI is InChI=1S/C16H22ClFN6/c1-4-19-16(23(2)10-15-21-11-22-24(15)3)20-8-7-12-5-6-13(18)9-14(12)17/h5-6,9,11H,4,7-8,10H2,1-3H3,(H,19,20). The third-order valence-electron chi connectivity index (χ3n) is 3.54. The fraction of sp³-hybridized carbons (Fsp3) is 0.438. The monoisotopic (exact) mass is 352 g/mol. The number of hydrogen-bond acceptors (Lipinski definition) is 3. The molecule has 130 valence electrons. The number of aliphatic imine (C=N–C) groups is 1. The molecule has 0 amide bonds. The van der Waals surface area contributed by atoms with Crippen molar-refractivity contribution in [1.82, 2.24) is 25.0 Å². The molecule has 1 heterocycles. The summed E-state index contributed by atoms with van der Waals surface area (Å²) in [6.07, 6.45) is 2.18. The minimum atomic E-state index is -0.330. The number of halogens is 2. The molecule has 1 N–H and O–H groups in total. The molecule has 8 heteroatoms. The molecule has 0 fully saturated rings. The van der Waals surface area contributed by atoms with Crippen LogP contribution in [0.15, 0.2) is 29.5 Å². The summed E-state index contributed by atoms with van der Waals surface area (Å²) in [5.41, 5.74) is 0.883. The van der Waals surface area contributed by atoms with Crippen molar-refractivity contribution in [2.45, 2.75) is 19.9 Å². The van der Waals surface area contributed by atoms with E-state index in [0.29, 0.717) is 24.5 Å². The van der Waals surface area contributed by atoms with Crippen molar-refractivity contribution in [3.63, 3.8) is 0 Å². The van der Waals surface area contributed by atoms with Crippen LogP contribution in [-0.2, 0) is 20.0 Å². The van der Waals surface area contributed by atoms with Gasteiger partial charge < -0.3 is 10.2 Å². The molecule has 2 rings (SSSR count).